The Balaban J connectivity index is 2.35. The molecule has 1 heterocycles. The number of unbranched alkanes of at least 4 members (excludes halogenated alkanes) is 1. The number of carbonyl (C=O) groups is 1. The SMILES string of the molecule is CCCCC1OCCN1C(C)=O. The van der Waals surface area contributed by atoms with Crippen molar-refractivity contribution in [2.75, 3.05) is 13.2 Å². The summed E-state index contributed by atoms with van der Waals surface area (Å²) in [4.78, 5) is 12.9. The summed E-state index contributed by atoms with van der Waals surface area (Å²) in [5.74, 6) is 0.133. The maximum Gasteiger partial charge on any atom is 0.221 e. The summed E-state index contributed by atoms with van der Waals surface area (Å²) < 4.78 is 5.43. The zero-order chi connectivity index (χ0) is 8.97. The van der Waals surface area contributed by atoms with Crippen LogP contribution in [-0.4, -0.2) is 30.2 Å². The lowest BCUT2D eigenvalue weighted by Gasteiger charge is -2.21. The minimum atomic E-state index is 0.0578. The molecule has 3 heteroatoms. The Morgan fingerprint density at radius 1 is 1.67 bits per heavy atom. The van der Waals surface area contributed by atoms with Gasteiger partial charge < -0.3 is 9.64 Å². The van der Waals surface area contributed by atoms with Gasteiger partial charge >= 0.3 is 0 Å². The fraction of sp³-hybridized carbons (Fsp3) is 0.889. The Hall–Kier alpha value is -0.570. The van der Waals surface area contributed by atoms with Gasteiger partial charge in [0.25, 0.3) is 0 Å². The van der Waals surface area contributed by atoms with E-state index in [0.29, 0.717) is 6.61 Å². The first-order valence-electron chi connectivity index (χ1n) is 4.64. The Morgan fingerprint density at radius 2 is 2.42 bits per heavy atom. The molecule has 0 radical (unpaired) electrons. The molecule has 0 spiro atoms. The first-order valence-corrected chi connectivity index (χ1v) is 4.64. The highest BCUT2D eigenvalue weighted by Crippen LogP contribution is 2.15. The van der Waals surface area contributed by atoms with Crippen LogP contribution in [0.5, 0.6) is 0 Å². The molecule has 0 aromatic heterocycles. The van der Waals surface area contributed by atoms with Gasteiger partial charge in [-0.15, -0.1) is 0 Å². The largest absolute Gasteiger partial charge is 0.356 e. The molecule has 1 aliphatic rings. The lowest BCUT2D eigenvalue weighted by atomic mass is 10.2. The molecule has 1 unspecified atom stereocenters. The third-order valence-corrected chi connectivity index (χ3v) is 2.20. The molecule has 1 aliphatic heterocycles. The van der Waals surface area contributed by atoms with Gasteiger partial charge in [0.05, 0.1) is 6.61 Å². The van der Waals surface area contributed by atoms with Gasteiger partial charge in [0, 0.05) is 13.5 Å². The Kier molecular flexibility index (Phi) is 3.53. The van der Waals surface area contributed by atoms with Crippen LogP contribution in [0, 0.1) is 0 Å². The predicted octanol–water partition coefficient (Wildman–Crippen LogP) is 1.38. The maximum absolute atomic E-state index is 11.1. The van der Waals surface area contributed by atoms with Crippen LogP contribution in [0.1, 0.15) is 33.1 Å². The van der Waals surface area contributed by atoms with Crippen LogP contribution in [-0.2, 0) is 9.53 Å². The van der Waals surface area contributed by atoms with Gasteiger partial charge in [-0.05, 0) is 12.8 Å². The van der Waals surface area contributed by atoms with Crippen molar-refractivity contribution in [3.8, 4) is 0 Å². The van der Waals surface area contributed by atoms with Crippen molar-refractivity contribution in [3.63, 3.8) is 0 Å². The van der Waals surface area contributed by atoms with Crippen molar-refractivity contribution in [2.45, 2.75) is 39.3 Å². The molecule has 0 aliphatic carbocycles. The van der Waals surface area contributed by atoms with Crippen LogP contribution in [0.4, 0.5) is 0 Å². The summed E-state index contributed by atoms with van der Waals surface area (Å²) in [6, 6.07) is 0. The highest BCUT2D eigenvalue weighted by atomic mass is 16.5. The average Bonchev–Trinajstić information content (AvgIpc) is 2.48. The molecule has 1 saturated heterocycles. The van der Waals surface area contributed by atoms with Gasteiger partial charge in [-0.1, -0.05) is 13.3 Å². The molecule has 1 rings (SSSR count). The predicted molar refractivity (Wildman–Crippen MR) is 46.7 cm³/mol. The second-order valence-electron chi connectivity index (χ2n) is 3.18. The van der Waals surface area contributed by atoms with E-state index in [9.17, 15) is 4.79 Å². The van der Waals surface area contributed by atoms with Gasteiger partial charge in [-0.25, -0.2) is 0 Å². The van der Waals surface area contributed by atoms with Gasteiger partial charge in [-0.2, -0.15) is 0 Å². The number of amides is 1. The highest BCUT2D eigenvalue weighted by Gasteiger charge is 2.26. The van der Waals surface area contributed by atoms with Crippen molar-refractivity contribution in [3.05, 3.63) is 0 Å². The summed E-state index contributed by atoms with van der Waals surface area (Å²) in [5.41, 5.74) is 0. The molecule has 1 fully saturated rings. The molecule has 1 amide bonds. The van der Waals surface area contributed by atoms with Crippen LogP contribution < -0.4 is 0 Å². The van der Waals surface area contributed by atoms with Crippen molar-refractivity contribution in [1.82, 2.24) is 4.90 Å². The molecule has 3 nitrogen and oxygen atoms in total. The fourth-order valence-electron chi connectivity index (χ4n) is 1.50. The van der Waals surface area contributed by atoms with Gasteiger partial charge in [0.1, 0.15) is 6.23 Å². The van der Waals surface area contributed by atoms with E-state index < -0.39 is 0 Å². The number of hydrogen-bond acceptors (Lipinski definition) is 2. The van der Waals surface area contributed by atoms with Gasteiger partial charge in [0.15, 0.2) is 0 Å². The second kappa shape index (κ2) is 4.45. The molecule has 0 N–H and O–H groups in total. The third kappa shape index (κ3) is 2.21. The Morgan fingerprint density at radius 3 is 3.00 bits per heavy atom. The highest BCUT2D eigenvalue weighted by molar-refractivity contribution is 5.73. The van der Waals surface area contributed by atoms with Crippen molar-refractivity contribution >= 4 is 5.91 Å². The minimum Gasteiger partial charge on any atom is -0.356 e. The summed E-state index contributed by atoms with van der Waals surface area (Å²) in [5, 5.41) is 0. The lowest BCUT2D eigenvalue weighted by Crippen LogP contribution is -2.34. The zero-order valence-electron chi connectivity index (χ0n) is 7.88. The molecule has 0 bridgehead atoms. The lowest BCUT2D eigenvalue weighted by molar-refractivity contribution is -0.133. The molecule has 70 valence electrons. The topological polar surface area (TPSA) is 29.5 Å². The molecule has 0 aromatic rings. The van der Waals surface area contributed by atoms with Crippen LogP contribution >= 0.6 is 0 Å². The Labute approximate surface area is 73.7 Å². The molecule has 0 aromatic carbocycles. The number of hydrogen-bond donors (Lipinski definition) is 0. The second-order valence-corrected chi connectivity index (χ2v) is 3.18. The zero-order valence-corrected chi connectivity index (χ0v) is 7.88. The van der Waals surface area contributed by atoms with Crippen LogP contribution in [0.2, 0.25) is 0 Å². The number of carbonyl (C=O) groups excluding carboxylic acids is 1. The summed E-state index contributed by atoms with van der Waals surface area (Å²) >= 11 is 0. The monoisotopic (exact) mass is 171 g/mol. The molecule has 0 saturated carbocycles. The molecular weight excluding hydrogens is 154 g/mol. The average molecular weight is 171 g/mol. The minimum absolute atomic E-state index is 0.0578. The Bertz CT molecular complexity index is 159. The number of ether oxygens (including phenoxy) is 1. The summed E-state index contributed by atoms with van der Waals surface area (Å²) in [7, 11) is 0. The number of nitrogens with zero attached hydrogens (tertiary/aromatic N) is 1. The van der Waals surface area contributed by atoms with Crippen molar-refractivity contribution in [1.29, 1.82) is 0 Å². The smallest absolute Gasteiger partial charge is 0.221 e. The van der Waals surface area contributed by atoms with Crippen LogP contribution in [0.3, 0.4) is 0 Å². The third-order valence-electron chi connectivity index (χ3n) is 2.20. The van der Waals surface area contributed by atoms with E-state index in [1.165, 1.54) is 0 Å². The first-order chi connectivity index (χ1) is 5.75. The first kappa shape index (κ1) is 9.52. The molecule has 1 atom stereocenters. The fourth-order valence-corrected chi connectivity index (χ4v) is 1.50. The standard InChI is InChI=1S/C9H17NO2/c1-3-4-5-9-10(8(2)11)6-7-12-9/h9H,3-7H2,1-2H3. The van der Waals surface area contributed by atoms with Crippen molar-refractivity contribution in [2.24, 2.45) is 0 Å². The van der Waals surface area contributed by atoms with E-state index in [-0.39, 0.29) is 12.1 Å². The van der Waals surface area contributed by atoms with E-state index in [1.807, 2.05) is 4.90 Å². The van der Waals surface area contributed by atoms with E-state index in [0.717, 1.165) is 25.8 Å². The van der Waals surface area contributed by atoms with E-state index in [2.05, 4.69) is 6.92 Å². The molecular formula is C9H17NO2. The van der Waals surface area contributed by atoms with Crippen molar-refractivity contribution < 1.29 is 9.53 Å². The number of rotatable bonds is 3. The normalized spacial score (nSPS) is 23.2. The summed E-state index contributed by atoms with van der Waals surface area (Å²) in [6.07, 6.45) is 3.33. The van der Waals surface area contributed by atoms with Gasteiger partial charge in [0.2, 0.25) is 5.91 Å². The van der Waals surface area contributed by atoms with Crippen LogP contribution in [0.25, 0.3) is 0 Å². The van der Waals surface area contributed by atoms with Gasteiger partial charge in [-0.3, -0.25) is 4.79 Å². The maximum atomic E-state index is 11.1. The summed E-state index contributed by atoms with van der Waals surface area (Å²) in [6.45, 7) is 5.22. The van der Waals surface area contributed by atoms with E-state index >= 15 is 0 Å². The van der Waals surface area contributed by atoms with E-state index in [4.69, 9.17) is 4.74 Å². The van der Waals surface area contributed by atoms with E-state index in [1.54, 1.807) is 6.92 Å². The van der Waals surface area contributed by atoms with Crippen LogP contribution in [0.15, 0.2) is 0 Å². The quantitative estimate of drug-likeness (QED) is 0.642. The molecule has 12 heavy (non-hydrogen) atoms.